The third-order valence-electron chi connectivity index (χ3n) is 5.56. The predicted molar refractivity (Wildman–Crippen MR) is 101 cm³/mol. The first-order valence-corrected chi connectivity index (χ1v) is 9.26. The first-order valence-electron chi connectivity index (χ1n) is 9.26. The summed E-state index contributed by atoms with van der Waals surface area (Å²) >= 11 is 0. The van der Waals surface area contributed by atoms with Crippen LogP contribution >= 0.6 is 0 Å². The van der Waals surface area contributed by atoms with E-state index >= 15 is 0 Å². The Morgan fingerprint density at radius 3 is 2.48 bits per heavy atom. The minimum atomic E-state index is -0.303. The molecule has 6 heteroatoms. The minimum absolute atomic E-state index is 0.0314. The number of hydrogen-bond acceptors (Lipinski definition) is 4. The number of nitrogens with zero attached hydrogens (tertiary/aromatic N) is 1. The largest absolute Gasteiger partial charge is 0.381 e. The highest BCUT2D eigenvalue weighted by Gasteiger charge is 2.54. The van der Waals surface area contributed by atoms with Crippen LogP contribution in [0.15, 0.2) is 42.5 Å². The highest BCUT2D eigenvalue weighted by atomic mass is 16.5. The van der Waals surface area contributed by atoms with Crippen LogP contribution in [0.2, 0.25) is 0 Å². The number of amides is 2. The molecule has 2 amide bonds. The van der Waals surface area contributed by atoms with Gasteiger partial charge in [0, 0.05) is 42.1 Å². The number of carbonyl (C=O) groups excluding carboxylic acids is 2. The summed E-state index contributed by atoms with van der Waals surface area (Å²) in [6.45, 7) is 3.45. The van der Waals surface area contributed by atoms with Gasteiger partial charge in [-0.15, -0.1) is 0 Å². The zero-order chi connectivity index (χ0) is 19.0. The van der Waals surface area contributed by atoms with Crippen LogP contribution < -0.4 is 10.6 Å². The van der Waals surface area contributed by atoms with Crippen molar-refractivity contribution in [2.75, 3.05) is 20.3 Å². The zero-order valence-corrected chi connectivity index (χ0v) is 15.4. The Morgan fingerprint density at radius 2 is 1.81 bits per heavy atom. The maximum Gasteiger partial charge on any atom is 0.269 e. The number of carbonyl (C=O) groups is 2. The van der Waals surface area contributed by atoms with E-state index in [4.69, 9.17) is 4.74 Å². The van der Waals surface area contributed by atoms with Crippen molar-refractivity contribution in [2.24, 2.45) is 11.8 Å². The van der Waals surface area contributed by atoms with Crippen LogP contribution in [0.1, 0.15) is 44.9 Å². The second-order valence-corrected chi connectivity index (χ2v) is 7.24. The smallest absolute Gasteiger partial charge is 0.269 e. The van der Waals surface area contributed by atoms with Gasteiger partial charge in [0.2, 0.25) is 0 Å². The number of rotatable bonds is 5. The Kier molecular flexibility index (Phi) is 4.66. The van der Waals surface area contributed by atoms with Crippen LogP contribution in [0.25, 0.3) is 0 Å². The standard InChI is InChI=1S/C21H23N3O3/c1-12(13-6-4-3-5-7-13)17-8-14(9-18(23-17)21(26)22-2)20(25)24-19-15-10-27-11-16(15)19/h3-9,12,15-16,19H,10-11H2,1-2H3,(H,22,26)(H,24,25)/t12-,15-,16+,19?/m0/s1. The highest BCUT2D eigenvalue weighted by molar-refractivity contribution is 5.99. The number of pyridine rings is 1. The number of aromatic nitrogens is 1. The fourth-order valence-corrected chi connectivity index (χ4v) is 3.75. The van der Waals surface area contributed by atoms with Crippen LogP contribution in [0.4, 0.5) is 0 Å². The summed E-state index contributed by atoms with van der Waals surface area (Å²) < 4.78 is 5.37. The molecule has 2 aliphatic rings. The van der Waals surface area contributed by atoms with Gasteiger partial charge in [-0.25, -0.2) is 4.98 Å². The van der Waals surface area contributed by atoms with Crippen molar-refractivity contribution in [2.45, 2.75) is 18.9 Å². The van der Waals surface area contributed by atoms with E-state index in [1.807, 2.05) is 37.3 Å². The van der Waals surface area contributed by atoms with Gasteiger partial charge in [-0.2, -0.15) is 0 Å². The molecule has 4 atom stereocenters. The molecule has 1 aliphatic carbocycles. The Balaban J connectivity index is 1.62. The Labute approximate surface area is 158 Å². The van der Waals surface area contributed by atoms with Crippen molar-refractivity contribution < 1.29 is 14.3 Å². The SMILES string of the molecule is CNC(=O)c1cc(C(=O)NC2[C@H]3COC[C@@H]23)cc([C@@H](C)c2ccccc2)n1. The lowest BCUT2D eigenvalue weighted by molar-refractivity contribution is 0.0928. The summed E-state index contributed by atoms with van der Waals surface area (Å²) in [5.74, 6) is 0.358. The molecule has 0 bridgehead atoms. The molecule has 6 nitrogen and oxygen atoms in total. The lowest BCUT2D eigenvalue weighted by Crippen LogP contribution is -2.30. The minimum Gasteiger partial charge on any atom is -0.381 e. The number of hydrogen-bond donors (Lipinski definition) is 2. The second kappa shape index (κ2) is 7.12. The molecule has 1 aliphatic heterocycles. The molecule has 4 rings (SSSR count). The molecule has 1 aromatic heterocycles. The summed E-state index contributed by atoms with van der Waals surface area (Å²) in [7, 11) is 1.56. The fourth-order valence-electron chi connectivity index (χ4n) is 3.75. The van der Waals surface area contributed by atoms with Crippen LogP contribution in [-0.2, 0) is 4.74 Å². The second-order valence-electron chi connectivity index (χ2n) is 7.24. The van der Waals surface area contributed by atoms with Crippen molar-refractivity contribution >= 4 is 11.8 Å². The van der Waals surface area contributed by atoms with Crippen LogP contribution in [0.3, 0.4) is 0 Å². The molecule has 27 heavy (non-hydrogen) atoms. The summed E-state index contributed by atoms with van der Waals surface area (Å²) in [6, 6.07) is 13.5. The van der Waals surface area contributed by atoms with Gasteiger partial charge in [0.1, 0.15) is 5.69 Å². The van der Waals surface area contributed by atoms with Crippen molar-refractivity contribution in [3.05, 3.63) is 65.0 Å². The number of nitrogens with one attached hydrogen (secondary N) is 2. The van der Waals surface area contributed by atoms with Crippen molar-refractivity contribution in [3.8, 4) is 0 Å². The number of fused-ring (bicyclic) bond motifs is 1. The summed E-state index contributed by atoms with van der Waals surface area (Å²) in [6.07, 6.45) is 0. The van der Waals surface area contributed by atoms with E-state index in [0.29, 0.717) is 36.3 Å². The van der Waals surface area contributed by atoms with Gasteiger partial charge in [-0.1, -0.05) is 37.3 Å². The Morgan fingerprint density at radius 1 is 1.11 bits per heavy atom. The topological polar surface area (TPSA) is 80.3 Å². The quantitative estimate of drug-likeness (QED) is 0.849. The molecular weight excluding hydrogens is 342 g/mol. The number of ether oxygens (including phenoxy) is 1. The molecule has 2 aromatic rings. The lowest BCUT2D eigenvalue weighted by atomic mass is 9.96. The van der Waals surface area contributed by atoms with Gasteiger partial charge >= 0.3 is 0 Å². The Hall–Kier alpha value is -2.73. The summed E-state index contributed by atoms with van der Waals surface area (Å²) in [5.41, 5.74) is 2.50. The molecule has 2 fully saturated rings. The average Bonchev–Trinajstić information content (AvgIpc) is 3.13. The van der Waals surface area contributed by atoms with E-state index in [1.165, 1.54) is 0 Å². The van der Waals surface area contributed by atoms with E-state index in [2.05, 4.69) is 15.6 Å². The molecule has 1 saturated heterocycles. The number of benzene rings is 1. The van der Waals surface area contributed by atoms with Gasteiger partial charge in [0.05, 0.1) is 13.2 Å². The molecule has 140 valence electrons. The van der Waals surface area contributed by atoms with Gasteiger partial charge in [-0.05, 0) is 17.7 Å². The van der Waals surface area contributed by atoms with E-state index in [0.717, 1.165) is 5.56 Å². The monoisotopic (exact) mass is 365 g/mol. The molecule has 2 heterocycles. The molecule has 1 unspecified atom stereocenters. The highest BCUT2D eigenvalue weighted by Crippen LogP contribution is 2.44. The molecule has 1 aromatic carbocycles. The predicted octanol–water partition coefficient (Wildman–Crippen LogP) is 1.97. The molecule has 0 spiro atoms. The molecule has 2 N–H and O–H groups in total. The van der Waals surface area contributed by atoms with Gasteiger partial charge in [0.25, 0.3) is 11.8 Å². The maximum atomic E-state index is 12.8. The third kappa shape index (κ3) is 3.45. The fraction of sp³-hybridized carbons (Fsp3) is 0.381. The van der Waals surface area contributed by atoms with E-state index in [9.17, 15) is 9.59 Å². The van der Waals surface area contributed by atoms with E-state index < -0.39 is 0 Å². The van der Waals surface area contributed by atoms with Crippen LogP contribution in [0.5, 0.6) is 0 Å². The van der Waals surface area contributed by atoms with Crippen LogP contribution in [0, 0.1) is 11.8 Å². The maximum absolute atomic E-state index is 12.8. The van der Waals surface area contributed by atoms with Crippen molar-refractivity contribution in [1.29, 1.82) is 0 Å². The van der Waals surface area contributed by atoms with Crippen molar-refractivity contribution in [1.82, 2.24) is 15.6 Å². The zero-order valence-electron chi connectivity index (χ0n) is 15.4. The van der Waals surface area contributed by atoms with Gasteiger partial charge in [0.15, 0.2) is 0 Å². The molecular formula is C21H23N3O3. The van der Waals surface area contributed by atoms with Crippen molar-refractivity contribution in [3.63, 3.8) is 0 Å². The lowest BCUT2D eigenvalue weighted by Gasteiger charge is -2.15. The van der Waals surface area contributed by atoms with E-state index in [1.54, 1.807) is 19.2 Å². The van der Waals surface area contributed by atoms with Gasteiger partial charge in [-0.3, -0.25) is 9.59 Å². The molecule has 0 radical (unpaired) electrons. The first kappa shape index (κ1) is 17.7. The molecule has 1 saturated carbocycles. The summed E-state index contributed by atoms with van der Waals surface area (Å²) in [5, 5.41) is 5.67. The van der Waals surface area contributed by atoms with E-state index in [-0.39, 0.29) is 29.5 Å². The first-order chi connectivity index (χ1) is 13.1. The average molecular weight is 365 g/mol. The van der Waals surface area contributed by atoms with Gasteiger partial charge < -0.3 is 15.4 Å². The normalized spacial score (nSPS) is 24.0. The van der Waals surface area contributed by atoms with Crippen LogP contribution in [-0.4, -0.2) is 43.1 Å². The summed E-state index contributed by atoms with van der Waals surface area (Å²) in [4.78, 5) is 29.5. The Bertz CT molecular complexity index is 858. The third-order valence-corrected chi connectivity index (χ3v) is 5.56.